The van der Waals surface area contributed by atoms with Crippen molar-refractivity contribution in [3.8, 4) is 0 Å². The van der Waals surface area contributed by atoms with Crippen LogP contribution in [0, 0.1) is 0 Å². The molecule has 3 nitrogen and oxygen atoms in total. The Hall–Kier alpha value is 0.680. The fourth-order valence-electron chi connectivity index (χ4n) is 0.580. The van der Waals surface area contributed by atoms with E-state index in [1.54, 1.807) is 6.92 Å². The molecule has 0 spiro atoms. The van der Waals surface area contributed by atoms with Crippen LogP contribution in [0.4, 0.5) is 8.78 Å². The second-order valence-corrected chi connectivity index (χ2v) is 6.43. The molecule has 0 saturated carbocycles. The van der Waals surface area contributed by atoms with Crippen LogP contribution in [0.25, 0.3) is 0 Å². The van der Waals surface area contributed by atoms with Crippen LogP contribution < -0.4 is 0 Å². The highest BCUT2D eigenvalue weighted by Gasteiger charge is 2.38. The SMILES string of the molecule is CCOP(=S)(OC(F)(F)CCl)N(C)C. The van der Waals surface area contributed by atoms with Crippen LogP contribution in [-0.4, -0.2) is 37.4 Å². The van der Waals surface area contributed by atoms with E-state index in [2.05, 4.69) is 4.52 Å². The number of hydrogen-bond donors (Lipinski definition) is 0. The zero-order valence-corrected chi connectivity index (χ0v) is 10.6. The predicted octanol–water partition coefficient (Wildman–Crippen LogP) is 2.66. The normalized spacial score (nSPS) is 17.1. The predicted molar refractivity (Wildman–Crippen MR) is 56.4 cm³/mol. The fourth-order valence-corrected chi connectivity index (χ4v) is 2.53. The van der Waals surface area contributed by atoms with Gasteiger partial charge < -0.3 is 4.52 Å². The Bertz CT molecular complexity index is 230. The van der Waals surface area contributed by atoms with Crippen LogP contribution in [0.5, 0.6) is 0 Å². The Morgan fingerprint density at radius 3 is 2.29 bits per heavy atom. The van der Waals surface area contributed by atoms with Crippen molar-refractivity contribution in [1.82, 2.24) is 4.67 Å². The number of alkyl halides is 3. The van der Waals surface area contributed by atoms with Gasteiger partial charge in [0.2, 0.25) is 0 Å². The summed E-state index contributed by atoms with van der Waals surface area (Å²) in [4.78, 5) is 0. The molecular weight excluding hydrogens is 255 g/mol. The summed E-state index contributed by atoms with van der Waals surface area (Å²) >= 11 is 9.92. The van der Waals surface area contributed by atoms with E-state index in [0.29, 0.717) is 0 Å². The smallest absolute Gasteiger partial charge is 0.318 e. The summed E-state index contributed by atoms with van der Waals surface area (Å²) in [6.45, 7) is -1.22. The first-order valence-corrected chi connectivity index (χ1v) is 6.97. The van der Waals surface area contributed by atoms with E-state index in [0.717, 1.165) is 0 Å². The third-order valence-electron chi connectivity index (χ3n) is 1.19. The highest BCUT2D eigenvalue weighted by atomic mass is 35.5. The molecule has 0 amide bonds. The van der Waals surface area contributed by atoms with Gasteiger partial charge in [-0.25, -0.2) is 4.67 Å². The van der Waals surface area contributed by atoms with E-state index in [9.17, 15) is 8.78 Å². The lowest BCUT2D eigenvalue weighted by Crippen LogP contribution is -2.26. The number of halogens is 3. The minimum Gasteiger partial charge on any atom is -0.318 e. The third kappa shape index (κ3) is 4.47. The number of rotatable bonds is 6. The van der Waals surface area contributed by atoms with Gasteiger partial charge in [-0.15, -0.1) is 11.6 Å². The van der Waals surface area contributed by atoms with Gasteiger partial charge in [-0.2, -0.15) is 8.78 Å². The summed E-state index contributed by atoms with van der Waals surface area (Å²) in [5.41, 5.74) is 0. The van der Waals surface area contributed by atoms with E-state index in [1.165, 1.54) is 18.8 Å². The van der Waals surface area contributed by atoms with Gasteiger partial charge in [0.25, 0.3) is 6.64 Å². The summed E-state index contributed by atoms with van der Waals surface area (Å²) < 4.78 is 36.5. The van der Waals surface area contributed by atoms with Gasteiger partial charge in [-0.3, -0.25) is 4.52 Å². The molecule has 1 unspecified atom stereocenters. The maximum atomic E-state index is 12.8. The second-order valence-electron chi connectivity index (χ2n) is 2.60. The van der Waals surface area contributed by atoms with Crippen LogP contribution in [0.2, 0.25) is 0 Å². The third-order valence-corrected chi connectivity index (χ3v) is 5.08. The topological polar surface area (TPSA) is 21.7 Å². The Balaban J connectivity index is 4.61. The summed E-state index contributed by atoms with van der Waals surface area (Å²) in [6.07, 6.45) is -3.45. The molecule has 0 fully saturated rings. The molecule has 1 atom stereocenters. The monoisotopic (exact) mass is 267 g/mol. The molecule has 0 aliphatic rings. The summed E-state index contributed by atoms with van der Waals surface area (Å²) in [5, 5.41) is 0. The van der Waals surface area contributed by atoms with Crippen molar-refractivity contribution in [2.24, 2.45) is 0 Å². The van der Waals surface area contributed by atoms with Gasteiger partial charge in [-0.05, 0) is 32.8 Å². The van der Waals surface area contributed by atoms with E-state index >= 15 is 0 Å². The minimum absolute atomic E-state index is 0.216. The van der Waals surface area contributed by atoms with Crippen LogP contribution >= 0.6 is 18.2 Å². The molecule has 8 heteroatoms. The summed E-state index contributed by atoms with van der Waals surface area (Å²) in [6, 6.07) is 0. The molecule has 86 valence electrons. The molecule has 0 aliphatic heterocycles. The maximum absolute atomic E-state index is 12.8. The van der Waals surface area contributed by atoms with Gasteiger partial charge in [0.05, 0.1) is 6.61 Å². The average Bonchev–Trinajstić information content (AvgIpc) is 2.03. The van der Waals surface area contributed by atoms with Crippen molar-refractivity contribution in [2.45, 2.75) is 13.0 Å². The molecule has 0 radical (unpaired) electrons. The highest BCUT2D eigenvalue weighted by Crippen LogP contribution is 2.54. The Morgan fingerprint density at radius 2 is 2.00 bits per heavy atom. The van der Waals surface area contributed by atoms with Gasteiger partial charge in [0.15, 0.2) is 0 Å². The molecule has 0 aromatic heterocycles. The molecule has 0 aliphatic carbocycles. The minimum atomic E-state index is -3.45. The fraction of sp³-hybridized carbons (Fsp3) is 1.00. The lowest BCUT2D eigenvalue weighted by Gasteiger charge is -2.30. The molecule has 0 heterocycles. The van der Waals surface area contributed by atoms with Crippen molar-refractivity contribution < 1.29 is 17.8 Å². The van der Waals surface area contributed by atoms with Crippen LogP contribution in [0.1, 0.15) is 6.92 Å². The Kier molecular flexibility index (Phi) is 5.95. The van der Waals surface area contributed by atoms with Crippen molar-refractivity contribution in [3.63, 3.8) is 0 Å². The van der Waals surface area contributed by atoms with Gasteiger partial charge >= 0.3 is 6.11 Å². The lowest BCUT2D eigenvalue weighted by molar-refractivity contribution is -0.159. The van der Waals surface area contributed by atoms with E-state index in [-0.39, 0.29) is 6.61 Å². The standard InChI is InChI=1S/C6H13ClF2NO2PS/c1-4-11-13(14,10(2)3)12-6(8,9)5-7/h4-5H2,1-3H3. The molecule has 0 bridgehead atoms. The maximum Gasteiger partial charge on any atom is 0.375 e. The van der Waals surface area contributed by atoms with Crippen molar-refractivity contribution in [3.05, 3.63) is 0 Å². The largest absolute Gasteiger partial charge is 0.375 e. The first-order valence-electron chi connectivity index (χ1n) is 3.84. The van der Waals surface area contributed by atoms with E-state index < -0.39 is 18.6 Å². The van der Waals surface area contributed by atoms with Crippen LogP contribution in [0.3, 0.4) is 0 Å². The number of nitrogens with zero attached hydrogens (tertiary/aromatic N) is 1. The first kappa shape index (κ1) is 14.7. The van der Waals surface area contributed by atoms with Gasteiger partial charge in [0, 0.05) is 0 Å². The quantitative estimate of drug-likeness (QED) is 0.545. The average molecular weight is 268 g/mol. The summed E-state index contributed by atoms with van der Waals surface area (Å²) in [7, 11) is 3.06. The van der Waals surface area contributed by atoms with E-state index in [4.69, 9.17) is 27.9 Å². The molecule has 0 rings (SSSR count). The molecule has 0 saturated heterocycles. The summed E-state index contributed by atoms with van der Waals surface area (Å²) in [5.74, 6) is -0.938. The molecular formula is C6H13ClF2NO2PS. The Labute approximate surface area is 92.5 Å². The van der Waals surface area contributed by atoms with Crippen molar-refractivity contribution in [1.29, 1.82) is 0 Å². The first-order chi connectivity index (χ1) is 6.27. The highest BCUT2D eigenvalue weighted by molar-refractivity contribution is 8.08. The molecule has 14 heavy (non-hydrogen) atoms. The van der Waals surface area contributed by atoms with Crippen molar-refractivity contribution >= 4 is 30.1 Å². The van der Waals surface area contributed by atoms with Gasteiger partial charge in [-0.1, -0.05) is 0 Å². The van der Waals surface area contributed by atoms with Gasteiger partial charge in [0.1, 0.15) is 5.88 Å². The second kappa shape index (κ2) is 5.68. The molecule has 0 aromatic rings. The van der Waals surface area contributed by atoms with E-state index in [1.807, 2.05) is 0 Å². The van der Waals surface area contributed by atoms with Crippen molar-refractivity contribution in [2.75, 3.05) is 26.6 Å². The molecule has 0 aromatic carbocycles. The zero-order valence-electron chi connectivity index (χ0n) is 8.17. The number of hydrogen-bond acceptors (Lipinski definition) is 3. The Morgan fingerprint density at radius 1 is 1.50 bits per heavy atom. The zero-order chi connectivity index (χ0) is 11.4. The van der Waals surface area contributed by atoms with Crippen LogP contribution in [-0.2, 0) is 20.9 Å². The van der Waals surface area contributed by atoms with Crippen LogP contribution in [0.15, 0.2) is 0 Å². The lowest BCUT2D eigenvalue weighted by atomic mass is 10.8. The molecule has 0 N–H and O–H groups in total.